The number of rotatable bonds is 10. The first kappa shape index (κ1) is 37.0. The number of amides is 1. The first-order chi connectivity index (χ1) is 22.5. The van der Waals surface area contributed by atoms with E-state index < -0.39 is 16.1 Å². The van der Waals surface area contributed by atoms with Crippen molar-refractivity contribution in [2.45, 2.75) is 95.3 Å². The van der Waals surface area contributed by atoms with Crippen LogP contribution in [0.1, 0.15) is 82.5 Å². The maximum Gasteiger partial charge on any atom is 0.261 e. The summed E-state index contributed by atoms with van der Waals surface area (Å²) in [6, 6.07) is 10.4. The van der Waals surface area contributed by atoms with Gasteiger partial charge in [0.1, 0.15) is 11.5 Å². The third-order valence-electron chi connectivity index (χ3n) is 9.46. The Morgan fingerprint density at radius 1 is 1.02 bits per heavy atom. The third kappa shape index (κ3) is 10.6. The highest BCUT2D eigenvalue weighted by molar-refractivity contribution is 7.92. The number of methoxy groups -OCH3 is 1. The van der Waals surface area contributed by atoms with Gasteiger partial charge in [0.05, 0.1) is 42.4 Å². The van der Waals surface area contributed by atoms with Crippen LogP contribution in [0, 0.1) is 11.8 Å². The molecule has 2 N–H and O–H groups in total. The molecular weight excluding hydrogens is 618 g/mol. The van der Waals surface area contributed by atoms with Gasteiger partial charge >= 0.3 is 0 Å². The summed E-state index contributed by atoms with van der Waals surface area (Å²) in [6.07, 6.45) is 8.82. The number of aliphatic hydroxyl groups excluding tert-OH is 1. The van der Waals surface area contributed by atoms with Gasteiger partial charge in [-0.25, -0.2) is 8.42 Å². The second-order valence-electron chi connectivity index (χ2n) is 13.5. The number of likely N-dealkylation sites (N-methyl/N-ethyl adjacent to an activating group) is 1. The zero-order valence-corrected chi connectivity index (χ0v) is 29.6. The summed E-state index contributed by atoms with van der Waals surface area (Å²) in [5, 5.41) is 10.3. The summed E-state index contributed by atoms with van der Waals surface area (Å²) in [5.41, 5.74) is 0.476. The lowest BCUT2D eigenvalue weighted by Crippen LogP contribution is -2.47. The fourth-order valence-corrected chi connectivity index (χ4v) is 7.66. The highest BCUT2D eigenvalue weighted by atomic mass is 32.2. The number of sulfonamides is 1. The van der Waals surface area contributed by atoms with Crippen LogP contribution >= 0.6 is 0 Å². The van der Waals surface area contributed by atoms with Crippen LogP contribution < -0.4 is 14.2 Å². The SMILES string of the molecule is COc1ccc(S(=O)(=O)Nc2ccc3c(c2)C(=O)N([C@@H](C)CO)C[C@@H](C)[C@H](CN(C)CC2CCCCC2)OCCCC[C@H](C)O3)cc1. The standard InChI is InChI=1S/C36H55N3O7S/c1-26-22-39(27(2)25-40)36(41)33-21-30(37-47(42,43)32-17-15-31(44-5)16-18-32)14-19-34(33)46-28(3)11-9-10-20-45-35(26)24-38(4)23-29-12-7-6-8-13-29/h14-19,21,26-29,35,37,40H,6-13,20,22-25H2,1-5H3/t26-,27+,28+,35+/m1/s1. The first-order valence-corrected chi connectivity index (χ1v) is 18.7. The molecule has 1 saturated carbocycles. The molecule has 2 aromatic carbocycles. The molecule has 1 heterocycles. The van der Waals surface area contributed by atoms with Crippen LogP contribution in [0.5, 0.6) is 11.5 Å². The fourth-order valence-electron chi connectivity index (χ4n) is 6.61. The lowest BCUT2D eigenvalue weighted by atomic mass is 9.89. The topological polar surface area (TPSA) is 118 Å². The predicted molar refractivity (Wildman–Crippen MR) is 185 cm³/mol. The molecule has 0 spiro atoms. The second kappa shape index (κ2) is 17.5. The quantitative estimate of drug-likeness (QED) is 0.325. The van der Waals surface area contributed by atoms with E-state index in [1.54, 1.807) is 29.2 Å². The molecule has 47 heavy (non-hydrogen) atoms. The van der Waals surface area contributed by atoms with E-state index in [0.29, 0.717) is 30.6 Å². The van der Waals surface area contributed by atoms with Crippen LogP contribution in [0.15, 0.2) is 47.4 Å². The molecule has 0 bridgehead atoms. The molecule has 4 atom stereocenters. The average Bonchev–Trinajstić information content (AvgIpc) is 3.06. The number of ether oxygens (including phenoxy) is 3. The Bertz CT molecular complexity index is 1380. The van der Waals surface area contributed by atoms with Crippen LogP contribution in [0.4, 0.5) is 5.69 Å². The molecule has 1 fully saturated rings. The van der Waals surface area contributed by atoms with Gasteiger partial charge in [-0.3, -0.25) is 9.52 Å². The summed E-state index contributed by atoms with van der Waals surface area (Å²) in [7, 11) is -0.266. The molecule has 1 amide bonds. The fraction of sp³-hybridized carbons (Fsp3) is 0.639. The van der Waals surface area contributed by atoms with Crippen molar-refractivity contribution in [3.63, 3.8) is 0 Å². The maximum absolute atomic E-state index is 14.4. The van der Waals surface area contributed by atoms with Gasteiger partial charge in [0.2, 0.25) is 0 Å². The number of carbonyl (C=O) groups is 1. The molecule has 11 heteroatoms. The molecular formula is C36H55N3O7S. The monoisotopic (exact) mass is 673 g/mol. The summed E-state index contributed by atoms with van der Waals surface area (Å²) in [4.78, 5) is 18.5. The Kier molecular flexibility index (Phi) is 13.8. The normalized spacial score (nSPS) is 23.0. The zero-order chi connectivity index (χ0) is 34.0. The summed E-state index contributed by atoms with van der Waals surface area (Å²) in [6.45, 7) is 8.48. The van der Waals surface area contributed by atoms with Gasteiger partial charge in [0.15, 0.2) is 0 Å². The molecule has 2 aromatic rings. The Hall–Kier alpha value is -2.86. The molecule has 10 nitrogen and oxygen atoms in total. The minimum atomic E-state index is -3.95. The van der Waals surface area contributed by atoms with Crippen molar-refractivity contribution in [2.75, 3.05) is 51.7 Å². The van der Waals surface area contributed by atoms with Crippen molar-refractivity contribution in [1.82, 2.24) is 9.80 Å². The molecule has 262 valence electrons. The number of hydrogen-bond acceptors (Lipinski definition) is 8. The van der Waals surface area contributed by atoms with E-state index in [4.69, 9.17) is 14.2 Å². The van der Waals surface area contributed by atoms with Crippen molar-refractivity contribution >= 4 is 21.6 Å². The smallest absolute Gasteiger partial charge is 0.261 e. The van der Waals surface area contributed by atoms with Gasteiger partial charge in [0, 0.05) is 37.8 Å². The lowest BCUT2D eigenvalue weighted by molar-refractivity contribution is -0.0190. The Balaban J connectivity index is 1.61. The Morgan fingerprint density at radius 3 is 2.40 bits per heavy atom. The average molecular weight is 674 g/mol. The van der Waals surface area contributed by atoms with Crippen LogP contribution in [0.2, 0.25) is 0 Å². The van der Waals surface area contributed by atoms with E-state index in [2.05, 4.69) is 23.6 Å². The molecule has 0 aromatic heterocycles. The maximum atomic E-state index is 14.4. The van der Waals surface area contributed by atoms with Crippen LogP contribution in [0.25, 0.3) is 0 Å². The molecule has 0 unspecified atom stereocenters. The third-order valence-corrected chi connectivity index (χ3v) is 10.9. The molecule has 0 radical (unpaired) electrons. The van der Waals surface area contributed by atoms with Crippen LogP contribution in [-0.4, -0.2) is 94.5 Å². The van der Waals surface area contributed by atoms with E-state index in [1.165, 1.54) is 57.4 Å². The highest BCUT2D eigenvalue weighted by Gasteiger charge is 2.31. The van der Waals surface area contributed by atoms with Gasteiger partial charge in [-0.2, -0.15) is 0 Å². The van der Waals surface area contributed by atoms with Gasteiger partial charge in [-0.1, -0.05) is 26.2 Å². The number of nitrogens with zero attached hydrogens (tertiary/aromatic N) is 2. The van der Waals surface area contributed by atoms with Gasteiger partial charge < -0.3 is 29.1 Å². The molecule has 4 rings (SSSR count). The zero-order valence-electron chi connectivity index (χ0n) is 28.8. The second-order valence-corrected chi connectivity index (χ2v) is 15.2. The number of anilines is 1. The van der Waals surface area contributed by atoms with Crippen molar-refractivity contribution in [3.05, 3.63) is 48.0 Å². The van der Waals surface area contributed by atoms with E-state index in [1.807, 2.05) is 13.8 Å². The molecule has 0 saturated heterocycles. The number of carbonyl (C=O) groups excluding carboxylic acids is 1. The van der Waals surface area contributed by atoms with Crippen LogP contribution in [-0.2, 0) is 14.8 Å². The first-order valence-electron chi connectivity index (χ1n) is 17.2. The van der Waals surface area contributed by atoms with Crippen molar-refractivity contribution in [3.8, 4) is 11.5 Å². The van der Waals surface area contributed by atoms with Gasteiger partial charge in [-0.05, 0) is 101 Å². The van der Waals surface area contributed by atoms with E-state index in [0.717, 1.165) is 32.4 Å². The largest absolute Gasteiger partial charge is 0.497 e. The van der Waals surface area contributed by atoms with Crippen molar-refractivity contribution in [2.24, 2.45) is 11.8 Å². The number of fused-ring (bicyclic) bond motifs is 1. The summed E-state index contributed by atoms with van der Waals surface area (Å²) in [5.74, 6) is 1.28. The van der Waals surface area contributed by atoms with Crippen molar-refractivity contribution in [1.29, 1.82) is 0 Å². The number of nitrogens with one attached hydrogen (secondary N) is 1. The number of hydrogen-bond donors (Lipinski definition) is 2. The number of benzene rings is 2. The minimum absolute atomic E-state index is 0.0234. The van der Waals surface area contributed by atoms with E-state index >= 15 is 0 Å². The summed E-state index contributed by atoms with van der Waals surface area (Å²) >= 11 is 0. The van der Waals surface area contributed by atoms with E-state index in [9.17, 15) is 18.3 Å². The Morgan fingerprint density at radius 2 is 1.72 bits per heavy atom. The molecule has 1 aliphatic carbocycles. The van der Waals surface area contributed by atoms with Crippen molar-refractivity contribution < 1.29 is 32.5 Å². The summed E-state index contributed by atoms with van der Waals surface area (Å²) < 4.78 is 47.1. The van der Waals surface area contributed by atoms with Gasteiger partial charge in [-0.15, -0.1) is 0 Å². The predicted octanol–water partition coefficient (Wildman–Crippen LogP) is 5.80. The van der Waals surface area contributed by atoms with E-state index in [-0.39, 0.29) is 46.8 Å². The molecule has 1 aliphatic heterocycles. The van der Waals surface area contributed by atoms with Gasteiger partial charge in [0.25, 0.3) is 15.9 Å². The highest BCUT2D eigenvalue weighted by Crippen LogP contribution is 2.30. The minimum Gasteiger partial charge on any atom is -0.497 e. The van der Waals surface area contributed by atoms with Crippen LogP contribution in [0.3, 0.4) is 0 Å². The molecule has 2 aliphatic rings. The number of aliphatic hydroxyl groups is 1. The lowest BCUT2D eigenvalue weighted by Gasteiger charge is -2.36. The Labute approximate surface area is 281 Å².